The van der Waals surface area contributed by atoms with Crippen LogP contribution in [0.5, 0.6) is 0 Å². The second kappa shape index (κ2) is 6.61. The normalized spacial score (nSPS) is 17.7. The van der Waals surface area contributed by atoms with Gasteiger partial charge in [0.25, 0.3) is 0 Å². The molecule has 0 amide bonds. The topological polar surface area (TPSA) is 20.3 Å². The monoisotopic (exact) mass is 291 g/mol. The third-order valence-corrected chi connectivity index (χ3v) is 4.31. The molecule has 1 fully saturated rings. The molecule has 1 aliphatic heterocycles. The van der Waals surface area contributed by atoms with E-state index in [0.29, 0.717) is 6.04 Å². The molecule has 0 bridgehead atoms. The molecule has 1 saturated heterocycles. The largest absolute Gasteiger partial charge is 0.368 e. The molecule has 0 radical (unpaired) electrons. The fraction of sp³-hybridized carbons (Fsp3) is 0.250. The summed E-state index contributed by atoms with van der Waals surface area (Å²) >= 11 is 0. The zero-order chi connectivity index (χ0) is 15.4. The van der Waals surface area contributed by atoms with Crippen molar-refractivity contribution in [2.24, 2.45) is 0 Å². The Morgan fingerprint density at radius 2 is 1.68 bits per heavy atom. The summed E-state index contributed by atoms with van der Waals surface area (Å²) in [5.41, 5.74) is 3.21. The standard InChI is InChI=1S/C20H21NO/c1-16(17-9-4-2-5-10-17)21-14-8-13-19(21)15-20(22)18-11-6-3-7-12-18/h2-7,9-12,15-16H,8,13-14H2,1H3/b19-15+. The van der Waals surface area contributed by atoms with Gasteiger partial charge in [0.15, 0.2) is 5.78 Å². The van der Waals surface area contributed by atoms with Crippen LogP contribution in [0.2, 0.25) is 0 Å². The number of ketones is 1. The van der Waals surface area contributed by atoms with Crippen molar-refractivity contribution in [2.45, 2.75) is 25.8 Å². The smallest absolute Gasteiger partial charge is 0.187 e. The molecule has 1 aliphatic rings. The number of rotatable bonds is 4. The van der Waals surface area contributed by atoms with Crippen molar-refractivity contribution in [3.63, 3.8) is 0 Å². The average molecular weight is 291 g/mol. The third kappa shape index (κ3) is 3.11. The third-order valence-electron chi connectivity index (χ3n) is 4.31. The van der Waals surface area contributed by atoms with E-state index in [4.69, 9.17) is 0 Å². The van der Waals surface area contributed by atoms with Gasteiger partial charge in [0.2, 0.25) is 0 Å². The molecular formula is C20H21NO. The van der Waals surface area contributed by atoms with Gasteiger partial charge in [-0.15, -0.1) is 0 Å². The number of allylic oxidation sites excluding steroid dienone is 2. The summed E-state index contributed by atoms with van der Waals surface area (Å²) < 4.78 is 0. The van der Waals surface area contributed by atoms with Gasteiger partial charge in [-0.1, -0.05) is 60.7 Å². The maximum absolute atomic E-state index is 12.4. The number of nitrogens with zero attached hydrogens (tertiary/aromatic N) is 1. The van der Waals surface area contributed by atoms with Gasteiger partial charge in [-0.05, 0) is 25.3 Å². The molecule has 0 spiro atoms. The highest BCUT2D eigenvalue weighted by atomic mass is 16.1. The highest BCUT2D eigenvalue weighted by molar-refractivity contribution is 6.04. The molecule has 2 nitrogen and oxygen atoms in total. The maximum Gasteiger partial charge on any atom is 0.187 e. The van der Waals surface area contributed by atoms with E-state index >= 15 is 0 Å². The van der Waals surface area contributed by atoms with Crippen molar-refractivity contribution < 1.29 is 4.79 Å². The number of carbonyl (C=O) groups excluding carboxylic acids is 1. The Morgan fingerprint density at radius 1 is 1.05 bits per heavy atom. The zero-order valence-corrected chi connectivity index (χ0v) is 12.9. The first kappa shape index (κ1) is 14.6. The molecule has 22 heavy (non-hydrogen) atoms. The molecule has 3 rings (SSSR count). The second-order valence-corrected chi connectivity index (χ2v) is 5.75. The first-order chi connectivity index (χ1) is 10.8. The van der Waals surface area contributed by atoms with Gasteiger partial charge in [-0.3, -0.25) is 4.79 Å². The van der Waals surface area contributed by atoms with Gasteiger partial charge in [0.1, 0.15) is 0 Å². The quantitative estimate of drug-likeness (QED) is 0.605. The van der Waals surface area contributed by atoms with Gasteiger partial charge in [-0.2, -0.15) is 0 Å². The highest BCUT2D eigenvalue weighted by Crippen LogP contribution is 2.31. The number of carbonyl (C=O) groups is 1. The summed E-state index contributed by atoms with van der Waals surface area (Å²) in [4.78, 5) is 14.8. The van der Waals surface area contributed by atoms with Crippen molar-refractivity contribution in [1.29, 1.82) is 0 Å². The molecule has 1 unspecified atom stereocenters. The lowest BCUT2D eigenvalue weighted by Gasteiger charge is -2.28. The predicted octanol–water partition coefficient (Wildman–Crippen LogP) is 4.61. The van der Waals surface area contributed by atoms with E-state index in [-0.39, 0.29) is 5.78 Å². The van der Waals surface area contributed by atoms with Crippen molar-refractivity contribution in [3.05, 3.63) is 83.6 Å². The van der Waals surface area contributed by atoms with Gasteiger partial charge >= 0.3 is 0 Å². The van der Waals surface area contributed by atoms with E-state index < -0.39 is 0 Å². The number of hydrogen-bond donors (Lipinski definition) is 0. The van der Waals surface area contributed by atoms with E-state index in [2.05, 4.69) is 36.1 Å². The molecule has 0 aliphatic carbocycles. The molecule has 1 atom stereocenters. The lowest BCUT2D eigenvalue weighted by molar-refractivity contribution is 0.104. The Morgan fingerprint density at radius 3 is 2.36 bits per heavy atom. The molecule has 2 heteroatoms. The molecule has 2 aromatic carbocycles. The summed E-state index contributed by atoms with van der Waals surface area (Å²) in [6.45, 7) is 3.23. The summed E-state index contributed by atoms with van der Waals surface area (Å²) in [6, 6.07) is 20.3. The fourth-order valence-corrected chi connectivity index (χ4v) is 3.06. The molecule has 2 aromatic rings. The lowest BCUT2D eigenvalue weighted by atomic mass is 10.1. The Bertz CT molecular complexity index is 661. The van der Waals surface area contributed by atoms with Crippen LogP contribution in [0.4, 0.5) is 0 Å². The minimum atomic E-state index is 0.0998. The molecule has 0 N–H and O–H groups in total. The minimum absolute atomic E-state index is 0.0998. The van der Waals surface area contributed by atoms with Crippen LogP contribution in [-0.2, 0) is 0 Å². The number of hydrogen-bond acceptors (Lipinski definition) is 2. The van der Waals surface area contributed by atoms with Crippen LogP contribution in [-0.4, -0.2) is 17.2 Å². The van der Waals surface area contributed by atoms with Crippen LogP contribution in [0.15, 0.2) is 72.4 Å². The SMILES string of the molecule is CC(c1ccccc1)N1CCC/C1=C\C(=O)c1ccccc1. The van der Waals surface area contributed by atoms with Gasteiger partial charge in [0, 0.05) is 23.9 Å². The van der Waals surface area contributed by atoms with E-state index in [0.717, 1.165) is 30.6 Å². The first-order valence-electron chi connectivity index (χ1n) is 7.87. The second-order valence-electron chi connectivity index (χ2n) is 5.75. The zero-order valence-electron chi connectivity index (χ0n) is 12.9. The van der Waals surface area contributed by atoms with Crippen molar-refractivity contribution in [2.75, 3.05) is 6.54 Å². The van der Waals surface area contributed by atoms with E-state index in [1.54, 1.807) is 0 Å². The van der Waals surface area contributed by atoms with E-state index in [9.17, 15) is 4.79 Å². The van der Waals surface area contributed by atoms with Crippen LogP contribution < -0.4 is 0 Å². The maximum atomic E-state index is 12.4. The summed E-state index contributed by atoms with van der Waals surface area (Å²) in [6.07, 6.45) is 3.92. The van der Waals surface area contributed by atoms with Crippen molar-refractivity contribution >= 4 is 5.78 Å². The summed E-state index contributed by atoms with van der Waals surface area (Å²) in [7, 11) is 0. The Hall–Kier alpha value is -2.35. The fourth-order valence-electron chi connectivity index (χ4n) is 3.06. The van der Waals surface area contributed by atoms with Crippen LogP contribution in [0.1, 0.15) is 41.7 Å². The summed E-state index contributed by atoms with van der Waals surface area (Å²) in [5, 5.41) is 0. The van der Waals surface area contributed by atoms with Crippen LogP contribution >= 0.6 is 0 Å². The first-order valence-corrected chi connectivity index (χ1v) is 7.87. The highest BCUT2D eigenvalue weighted by Gasteiger charge is 2.23. The average Bonchev–Trinajstić information content (AvgIpc) is 3.04. The van der Waals surface area contributed by atoms with Gasteiger partial charge < -0.3 is 4.90 Å². The van der Waals surface area contributed by atoms with Crippen LogP contribution in [0.25, 0.3) is 0 Å². The molecular weight excluding hydrogens is 270 g/mol. The summed E-state index contributed by atoms with van der Waals surface area (Å²) in [5.74, 6) is 0.0998. The van der Waals surface area contributed by atoms with Gasteiger partial charge in [-0.25, -0.2) is 0 Å². The molecule has 0 saturated carbocycles. The predicted molar refractivity (Wildman–Crippen MR) is 89.7 cm³/mol. The lowest BCUT2D eigenvalue weighted by Crippen LogP contribution is -2.22. The van der Waals surface area contributed by atoms with E-state index in [1.165, 1.54) is 5.56 Å². The Labute approximate surface area is 132 Å². The Balaban J connectivity index is 1.81. The Kier molecular flexibility index (Phi) is 4.38. The van der Waals surface area contributed by atoms with Gasteiger partial charge in [0.05, 0.1) is 6.04 Å². The molecule has 112 valence electrons. The molecule has 1 heterocycles. The molecule has 0 aromatic heterocycles. The van der Waals surface area contributed by atoms with Crippen molar-refractivity contribution in [1.82, 2.24) is 4.90 Å². The van der Waals surface area contributed by atoms with Crippen LogP contribution in [0.3, 0.4) is 0 Å². The van der Waals surface area contributed by atoms with E-state index in [1.807, 2.05) is 42.5 Å². The van der Waals surface area contributed by atoms with Crippen LogP contribution in [0, 0.1) is 0 Å². The van der Waals surface area contributed by atoms with Crippen molar-refractivity contribution in [3.8, 4) is 0 Å². The minimum Gasteiger partial charge on any atom is -0.368 e. The number of likely N-dealkylation sites (tertiary alicyclic amines) is 1. The number of benzene rings is 2.